The highest BCUT2D eigenvalue weighted by atomic mass is 35.5. The molecule has 0 amide bonds. The molecule has 0 spiro atoms. The van der Waals surface area contributed by atoms with Crippen LogP contribution in [-0.2, 0) is 13.6 Å². The van der Waals surface area contributed by atoms with Gasteiger partial charge in [0.2, 0.25) is 0 Å². The zero-order valence-electron chi connectivity index (χ0n) is 10.8. The zero-order chi connectivity index (χ0) is 13.4. The molecule has 102 valence electrons. The molecule has 3 heterocycles. The smallest absolute Gasteiger partial charge is 0.162 e. The highest BCUT2D eigenvalue weighted by Gasteiger charge is 2.24. The Morgan fingerprint density at radius 3 is 3.11 bits per heavy atom. The number of hydrogen-bond donors (Lipinski definition) is 1. The molecular formula is C12H16ClN5O. The highest BCUT2D eigenvalue weighted by Crippen LogP contribution is 2.22. The third kappa shape index (κ3) is 2.31. The number of hydrogen-bond acceptors (Lipinski definition) is 5. The third-order valence-corrected chi connectivity index (χ3v) is 3.93. The van der Waals surface area contributed by atoms with Crippen molar-refractivity contribution in [3.05, 3.63) is 17.2 Å². The average molecular weight is 282 g/mol. The largest absolute Gasteiger partial charge is 0.395 e. The van der Waals surface area contributed by atoms with Gasteiger partial charge in [0.25, 0.3) is 0 Å². The number of aromatic nitrogens is 4. The SMILES string of the molecule is Cn1ncc2c(Cl)nc(CN3CCCC3CO)nc21. The number of aryl methyl sites for hydroxylation is 1. The second-order valence-corrected chi connectivity index (χ2v) is 5.24. The third-order valence-electron chi connectivity index (χ3n) is 3.65. The molecule has 1 unspecified atom stereocenters. The number of halogens is 1. The number of aliphatic hydroxyl groups excluding tert-OH is 1. The van der Waals surface area contributed by atoms with Crippen LogP contribution in [0.2, 0.25) is 5.15 Å². The zero-order valence-corrected chi connectivity index (χ0v) is 11.5. The minimum absolute atomic E-state index is 0.182. The second kappa shape index (κ2) is 5.03. The Balaban J connectivity index is 1.90. The van der Waals surface area contributed by atoms with E-state index in [2.05, 4.69) is 20.0 Å². The first-order valence-electron chi connectivity index (χ1n) is 6.38. The van der Waals surface area contributed by atoms with Crippen LogP contribution in [0.4, 0.5) is 0 Å². The molecule has 7 heteroatoms. The van der Waals surface area contributed by atoms with Crippen LogP contribution in [0.3, 0.4) is 0 Å². The minimum Gasteiger partial charge on any atom is -0.395 e. The van der Waals surface area contributed by atoms with Crippen molar-refractivity contribution in [3.8, 4) is 0 Å². The summed E-state index contributed by atoms with van der Waals surface area (Å²) in [5, 5.41) is 14.7. The van der Waals surface area contributed by atoms with Crippen LogP contribution in [0, 0.1) is 0 Å². The Kier molecular flexibility index (Phi) is 3.38. The Labute approximate surface area is 116 Å². The molecule has 1 aliphatic rings. The van der Waals surface area contributed by atoms with E-state index in [0.717, 1.165) is 30.4 Å². The Hall–Kier alpha value is -1.24. The van der Waals surface area contributed by atoms with Crippen LogP contribution in [0.5, 0.6) is 0 Å². The van der Waals surface area contributed by atoms with Crippen LogP contribution in [0.25, 0.3) is 11.0 Å². The van der Waals surface area contributed by atoms with Crippen LogP contribution in [0.15, 0.2) is 6.20 Å². The summed E-state index contributed by atoms with van der Waals surface area (Å²) in [5.74, 6) is 0.682. The number of nitrogens with zero attached hydrogens (tertiary/aromatic N) is 5. The number of rotatable bonds is 3. The molecule has 1 saturated heterocycles. The molecule has 1 aliphatic heterocycles. The van der Waals surface area contributed by atoms with Crippen molar-refractivity contribution in [1.29, 1.82) is 0 Å². The van der Waals surface area contributed by atoms with E-state index < -0.39 is 0 Å². The summed E-state index contributed by atoms with van der Waals surface area (Å²) in [7, 11) is 1.84. The van der Waals surface area contributed by atoms with E-state index in [4.69, 9.17) is 11.6 Å². The normalized spacial score (nSPS) is 20.5. The lowest BCUT2D eigenvalue weighted by Gasteiger charge is -2.21. The van der Waals surface area contributed by atoms with E-state index in [1.165, 1.54) is 0 Å². The summed E-state index contributed by atoms with van der Waals surface area (Å²) >= 11 is 6.16. The van der Waals surface area contributed by atoms with Gasteiger partial charge in [-0.1, -0.05) is 11.6 Å². The van der Waals surface area contributed by atoms with Crippen molar-refractivity contribution in [3.63, 3.8) is 0 Å². The standard InChI is InChI=1S/C12H16ClN5O/c1-17-12-9(5-14-17)11(13)15-10(16-12)6-18-4-2-3-8(18)7-19/h5,8,19H,2-4,6-7H2,1H3. The van der Waals surface area contributed by atoms with E-state index in [1.807, 2.05) is 7.05 Å². The Bertz CT molecular complexity index is 599. The fourth-order valence-electron chi connectivity index (χ4n) is 2.59. The van der Waals surface area contributed by atoms with Crippen molar-refractivity contribution >= 4 is 22.6 Å². The van der Waals surface area contributed by atoms with Gasteiger partial charge >= 0.3 is 0 Å². The molecule has 0 aromatic carbocycles. The minimum atomic E-state index is 0.182. The molecule has 0 bridgehead atoms. The maximum absolute atomic E-state index is 9.33. The summed E-state index contributed by atoms with van der Waals surface area (Å²) in [6.45, 7) is 1.77. The number of likely N-dealkylation sites (tertiary alicyclic amines) is 1. The van der Waals surface area contributed by atoms with Gasteiger partial charge < -0.3 is 5.11 Å². The molecular weight excluding hydrogens is 266 g/mol. The molecule has 2 aromatic heterocycles. The molecule has 1 fully saturated rings. The molecule has 0 aliphatic carbocycles. The quantitative estimate of drug-likeness (QED) is 0.850. The first-order chi connectivity index (χ1) is 9.19. The average Bonchev–Trinajstić information content (AvgIpc) is 2.97. The maximum Gasteiger partial charge on any atom is 0.162 e. The van der Waals surface area contributed by atoms with Crippen molar-refractivity contribution in [2.45, 2.75) is 25.4 Å². The lowest BCUT2D eigenvalue weighted by molar-refractivity contribution is 0.151. The van der Waals surface area contributed by atoms with E-state index in [-0.39, 0.29) is 12.6 Å². The summed E-state index contributed by atoms with van der Waals surface area (Å²) in [4.78, 5) is 11.0. The van der Waals surface area contributed by atoms with E-state index in [1.54, 1.807) is 10.9 Å². The van der Waals surface area contributed by atoms with Crippen molar-refractivity contribution in [1.82, 2.24) is 24.6 Å². The molecule has 2 aromatic rings. The van der Waals surface area contributed by atoms with Gasteiger partial charge in [-0.2, -0.15) is 5.10 Å². The molecule has 6 nitrogen and oxygen atoms in total. The van der Waals surface area contributed by atoms with Gasteiger partial charge in [-0.05, 0) is 19.4 Å². The first-order valence-corrected chi connectivity index (χ1v) is 6.76. The fraction of sp³-hybridized carbons (Fsp3) is 0.583. The van der Waals surface area contributed by atoms with Gasteiger partial charge in [-0.15, -0.1) is 0 Å². The van der Waals surface area contributed by atoms with Gasteiger partial charge in [-0.25, -0.2) is 9.97 Å². The summed E-state index contributed by atoms with van der Waals surface area (Å²) in [5.41, 5.74) is 0.745. The van der Waals surface area contributed by atoms with E-state index >= 15 is 0 Å². The summed E-state index contributed by atoms with van der Waals surface area (Å²) < 4.78 is 1.69. The molecule has 0 saturated carbocycles. The number of fused-ring (bicyclic) bond motifs is 1. The fourth-order valence-corrected chi connectivity index (χ4v) is 2.82. The molecule has 0 radical (unpaired) electrons. The van der Waals surface area contributed by atoms with E-state index in [9.17, 15) is 5.11 Å². The van der Waals surface area contributed by atoms with Gasteiger partial charge in [0, 0.05) is 13.1 Å². The molecule has 1 atom stereocenters. The number of aliphatic hydroxyl groups is 1. The molecule has 1 N–H and O–H groups in total. The van der Waals surface area contributed by atoms with Crippen LogP contribution in [0.1, 0.15) is 18.7 Å². The topological polar surface area (TPSA) is 67.1 Å². The van der Waals surface area contributed by atoms with Crippen LogP contribution in [-0.4, -0.2) is 48.9 Å². The first kappa shape index (κ1) is 12.8. The maximum atomic E-state index is 9.33. The summed E-state index contributed by atoms with van der Waals surface area (Å²) in [6.07, 6.45) is 3.80. The van der Waals surface area contributed by atoms with Crippen molar-refractivity contribution in [2.75, 3.05) is 13.2 Å². The van der Waals surface area contributed by atoms with Crippen LogP contribution >= 0.6 is 11.6 Å². The van der Waals surface area contributed by atoms with Crippen molar-refractivity contribution < 1.29 is 5.11 Å². The summed E-state index contributed by atoms with van der Waals surface area (Å²) in [6, 6.07) is 0.213. The lowest BCUT2D eigenvalue weighted by Crippen LogP contribution is -2.32. The van der Waals surface area contributed by atoms with E-state index in [0.29, 0.717) is 17.5 Å². The predicted molar refractivity (Wildman–Crippen MR) is 71.8 cm³/mol. The predicted octanol–water partition coefficient (Wildman–Crippen LogP) is 0.973. The van der Waals surface area contributed by atoms with Crippen molar-refractivity contribution in [2.24, 2.45) is 7.05 Å². The monoisotopic (exact) mass is 281 g/mol. The Morgan fingerprint density at radius 1 is 1.47 bits per heavy atom. The van der Waals surface area contributed by atoms with Gasteiger partial charge in [-0.3, -0.25) is 9.58 Å². The Morgan fingerprint density at radius 2 is 2.32 bits per heavy atom. The lowest BCUT2D eigenvalue weighted by atomic mass is 10.2. The second-order valence-electron chi connectivity index (χ2n) is 4.89. The van der Waals surface area contributed by atoms with Gasteiger partial charge in [0.05, 0.1) is 24.7 Å². The highest BCUT2D eigenvalue weighted by molar-refractivity contribution is 6.33. The van der Waals surface area contributed by atoms with Gasteiger partial charge in [0.1, 0.15) is 11.0 Å². The molecule has 3 rings (SSSR count). The van der Waals surface area contributed by atoms with Crippen LogP contribution < -0.4 is 0 Å². The van der Waals surface area contributed by atoms with Gasteiger partial charge in [0.15, 0.2) is 5.65 Å². The molecule has 19 heavy (non-hydrogen) atoms.